The van der Waals surface area contributed by atoms with Crippen LogP contribution in [-0.4, -0.2) is 45.4 Å². The second-order valence-electron chi connectivity index (χ2n) is 8.19. The van der Waals surface area contributed by atoms with Crippen molar-refractivity contribution in [3.8, 4) is 28.6 Å². The first kappa shape index (κ1) is 20.5. The molecule has 10 heteroatoms. The Morgan fingerprint density at radius 1 is 1.12 bits per heavy atom. The number of hydrogen-bond acceptors (Lipinski definition) is 9. The number of carbonyl (C=O) groups is 1. The number of hydrogen-bond donors (Lipinski definition) is 1. The van der Waals surface area contributed by atoms with E-state index in [-0.39, 0.29) is 31.3 Å². The molecule has 1 N–H and O–H groups in total. The summed E-state index contributed by atoms with van der Waals surface area (Å²) < 4.78 is 21.7. The third-order valence-electron chi connectivity index (χ3n) is 6.07. The molecule has 1 fully saturated rings. The van der Waals surface area contributed by atoms with Gasteiger partial charge in [-0.2, -0.15) is 4.98 Å². The van der Waals surface area contributed by atoms with Crippen molar-refractivity contribution >= 4 is 5.91 Å². The first-order chi connectivity index (χ1) is 16.7. The predicted molar refractivity (Wildman–Crippen MR) is 119 cm³/mol. The fourth-order valence-corrected chi connectivity index (χ4v) is 4.37. The molecule has 2 unspecified atom stereocenters. The Kier molecular flexibility index (Phi) is 5.06. The van der Waals surface area contributed by atoms with Gasteiger partial charge in [0, 0.05) is 18.0 Å². The smallest absolute Gasteiger partial charge is 0.251 e. The lowest BCUT2D eigenvalue weighted by Gasteiger charge is -2.30. The van der Waals surface area contributed by atoms with Crippen LogP contribution in [0.5, 0.6) is 17.2 Å². The second-order valence-corrected chi connectivity index (χ2v) is 8.19. The van der Waals surface area contributed by atoms with Crippen LogP contribution >= 0.6 is 0 Å². The highest BCUT2D eigenvalue weighted by Gasteiger charge is 2.40. The van der Waals surface area contributed by atoms with Crippen molar-refractivity contribution in [2.45, 2.75) is 32.0 Å². The van der Waals surface area contributed by atoms with E-state index in [9.17, 15) is 4.79 Å². The van der Waals surface area contributed by atoms with Crippen molar-refractivity contribution in [2.75, 3.05) is 13.4 Å². The van der Waals surface area contributed by atoms with Crippen molar-refractivity contribution in [1.29, 1.82) is 0 Å². The Balaban J connectivity index is 1.12. The summed E-state index contributed by atoms with van der Waals surface area (Å²) in [7, 11) is 0. The second kappa shape index (κ2) is 8.38. The molecule has 3 aliphatic heterocycles. The van der Waals surface area contributed by atoms with Gasteiger partial charge in [-0.1, -0.05) is 17.3 Å². The van der Waals surface area contributed by atoms with Gasteiger partial charge in [-0.3, -0.25) is 4.79 Å². The largest absolute Gasteiger partial charge is 0.494 e. The number of amides is 1. The van der Waals surface area contributed by atoms with E-state index in [4.69, 9.17) is 18.7 Å². The van der Waals surface area contributed by atoms with Gasteiger partial charge >= 0.3 is 0 Å². The summed E-state index contributed by atoms with van der Waals surface area (Å²) in [6.45, 7) is 2.99. The monoisotopic (exact) mass is 461 g/mol. The average Bonchev–Trinajstić information content (AvgIpc) is 3.61. The fourth-order valence-electron chi connectivity index (χ4n) is 4.37. The number of rotatable bonds is 6. The van der Waals surface area contributed by atoms with Gasteiger partial charge in [0.25, 0.3) is 5.91 Å². The number of ether oxygens (including phenoxy) is 3. The van der Waals surface area contributed by atoms with Crippen LogP contribution in [0.2, 0.25) is 0 Å². The molecule has 6 rings (SSSR count). The van der Waals surface area contributed by atoms with Gasteiger partial charge in [-0.05, 0) is 49.2 Å². The van der Waals surface area contributed by atoms with Crippen LogP contribution in [0.3, 0.4) is 0 Å². The molecule has 174 valence electrons. The van der Waals surface area contributed by atoms with E-state index in [0.29, 0.717) is 36.2 Å². The standard InChI is InChI=1S/C24H23N5O5/c1-2-31-17-6-3-15(4-7-17)18-12-19-24(30)28(9-10-29(19)26-18)13-22-25-23(27-34-22)16-5-8-20-21(11-16)33-14-32-20/h3-11,18-19,26H,2,12-14H2,1H3. The zero-order chi connectivity index (χ0) is 23.1. The number of benzene rings is 2. The van der Waals surface area contributed by atoms with E-state index in [1.54, 1.807) is 11.1 Å². The van der Waals surface area contributed by atoms with Gasteiger partial charge in [-0.25, -0.2) is 5.43 Å². The van der Waals surface area contributed by atoms with Gasteiger partial charge in [0.2, 0.25) is 18.5 Å². The van der Waals surface area contributed by atoms with Gasteiger partial charge in [0.05, 0.1) is 12.6 Å². The van der Waals surface area contributed by atoms with Crippen LogP contribution in [0.25, 0.3) is 11.4 Å². The van der Waals surface area contributed by atoms with Crippen LogP contribution in [0.15, 0.2) is 59.4 Å². The molecule has 0 aliphatic carbocycles. The van der Waals surface area contributed by atoms with Crippen LogP contribution < -0.4 is 19.6 Å². The summed E-state index contributed by atoms with van der Waals surface area (Å²) in [5.74, 6) is 2.94. The van der Waals surface area contributed by atoms with Crippen molar-refractivity contribution in [3.05, 3.63) is 66.3 Å². The highest BCUT2D eigenvalue weighted by atomic mass is 16.7. The van der Waals surface area contributed by atoms with Gasteiger partial charge in [-0.15, -0.1) is 0 Å². The number of carbonyl (C=O) groups excluding carboxylic acids is 1. The Hall–Kier alpha value is -4.05. The maximum Gasteiger partial charge on any atom is 0.251 e. The van der Waals surface area contributed by atoms with Crippen LogP contribution in [0, 0.1) is 0 Å². The Labute approximate surface area is 195 Å². The lowest BCUT2D eigenvalue weighted by molar-refractivity contribution is -0.135. The highest BCUT2D eigenvalue weighted by molar-refractivity contribution is 5.84. The third-order valence-corrected chi connectivity index (χ3v) is 6.07. The third kappa shape index (κ3) is 3.71. The Morgan fingerprint density at radius 2 is 1.97 bits per heavy atom. The first-order valence-electron chi connectivity index (χ1n) is 11.2. The van der Waals surface area contributed by atoms with Crippen molar-refractivity contribution in [3.63, 3.8) is 0 Å². The molecule has 3 aromatic rings. The van der Waals surface area contributed by atoms with Gasteiger partial charge in [0.15, 0.2) is 11.5 Å². The summed E-state index contributed by atoms with van der Waals surface area (Å²) in [5.41, 5.74) is 5.27. The Morgan fingerprint density at radius 3 is 2.82 bits per heavy atom. The molecule has 34 heavy (non-hydrogen) atoms. The minimum atomic E-state index is -0.308. The highest BCUT2D eigenvalue weighted by Crippen LogP contribution is 2.35. The molecule has 10 nitrogen and oxygen atoms in total. The molecule has 0 spiro atoms. The minimum absolute atomic E-state index is 0.0220. The molecule has 3 aliphatic rings. The normalized spacial score (nSPS) is 20.7. The van der Waals surface area contributed by atoms with E-state index in [0.717, 1.165) is 16.9 Å². The Bertz CT molecular complexity index is 1240. The molecule has 4 heterocycles. The zero-order valence-corrected chi connectivity index (χ0v) is 18.5. The maximum absolute atomic E-state index is 13.2. The number of nitrogens with zero attached hydrogens (tertiary/aromatic N) is 4. The van der Waals surface area contributed by atoms with E-state index in [1.807, 2.05) is 60.6 Å². The van der Waals surface area contributed by atoms with E-state index >= 15 is 0 Å². The van der Waals surface area contributed by atoms with Crippen molar-refractivity contribution in [1.82, 2.24) is 25.5 Å². The van der Waals surface area contributed by atoms with E-state index < -0.39 is 0 Å². The lowest BCUT2D eigenvalue weighted by Crippen LogP contribution is -2.47. The summed E-state index contributed by atoms with van der Waals surface area (Å²) in [6.07, 6.45) is 4.26. The molecule has 2 atom stereocenters. The van der Waals surface area contributed by atoms with Gasteiger partial charge < -0.3 is 28.6 Å². The minimum Gasteiger partial charge on any atom is -0.494 e. The molecule has 0 saturated carbocycles. The van der Waals surface area contributed by atoms with Crippen LogP contribution in [-0.2, 0) is 11.3 Å². The predicted octanol–water partition coefficient (Wildman–Crippen LogP) is 3.00. The number of nitrogens with one attached hydrogen (secondary N) is 1. The van der Waals surface area contributed by atoms with Crippen LogP contribution in [0.1, 0.15) is 30.8 Å². The molecule has 2 aromatic carbocycles. The number of aromatic nitrogens is 2. The molecule has 0 bridgehead atoms. The average molecular weight is 461 g/mol. The lowest BCUT2D eigenvalue weighted by atomic mass is 10.0. The van der Waals surface area contributed by atoms with E-state index in [1.165, 1.54) is 0 Å². The molecular formula is C24H23N5O5. The summed E-state index contributed by atoms with van der Waals surface area (Å²) in [6, 6.07) is 13.2. The SMILES string of the molecule is CCOc1ccc(C2CC3C(=O)N(Cc4nc(-c5ccc6c(c5)OCO6)no4)C=CN3N2)cc1. The topological polar surface area (TPSA) is 102 Å². The molecule has 1 saturated heterocycles. The molecule has 1 amide bonds. The number of hydrazine groups is 1. The molecular weight excluding hydrogens is 438 g/mol. The van der Waals surface area contributed by atoms with Gasteiger partial charge in [0.1, 0.15) is 18.3 Å². The van der Waals surface area contributed by atoms with Crippen molar-refractivity contribution in [2.24, 2.45) is 0 Å². The zero-order valence-electron chi connectivity index (χ0n) is 18.5. The van der Waals surface area contributed by atoms with E-state index in [2.05, 4.69) is 15.6 Å². The van der Waals surface area contributed by atoms with Crippen LogP contribution in [0.4, 0.5) is 0 Å². The fraction of sp³-hybridized carbons (Fsp3) is 0.292. The quantitative estimate of drug-likeness (QED) is 0.593. The molecule has 1 aromatic heterocycles. The molecule has 0 radical (unpaired) electrons. The van der Waals surface area contributed by atoms with Crippen molar-refractivity contribution < 1.29 is 23.5 Å². The summed E-state index contributed by atoms with van der Waals surface area (Å²) >= 11 is 0. The first-order valence-corrected chi connectivity index (χ1v) is 11.2. The summed E-state index contributed by atoms with van der Waals surface area (Å²) in [5, 5.41) is 5.93. The maximum atomic E-state index is 13.2. The number of fused-ring (bicyclic) bond motifs is 2. The summed E-state index contributed by atoms with van der Waals surface area (Å²) in [4.78, 5) is 19.3.